The Bertz CT molecular complexity index is 526. The van der Waals surface area contributed by atoms with Crippen molar-refractivity contribution in [3.05, 3.63) is 11.8 Å². The third kappa shape index (κ3) is 4.74. The number of carbonyl (C=O) groups excluding carboxylic acids is 2. The quantitative estimate of drug-likeness (QED) is 0.863. The maximum Gasteiger partial charge on any atom is 0.238 e. The van der Waals surface area contributed by atoms with Crippen LogP contribution in [0.15, 0.2) is 10.6 Å². The highest BCUT2D eigenvalue weighted by Crippen LogP contribution is 2.15. The van der Waals surface area contributed by atoms with Gasteiger partial charge in [-0.05, 0) is 20.9 Å². The number of aromatic nitrogens is 1. The average Bonchev–Trinajstić information content (AvgIpc) is 2.90. The summed E-state index contributed by atoms with van der Waals surface area (Å²) in [6.07, 6.45) is 0. The van der Waals surface area contributed by atoms with Gasteiger partial charge in [0.05, 0.1) is 11.0 Å². The first kappa shape index (κ1) is 16.8. The van der Waals surface area contributed by atoms with Gasteiger partial charge in [0.1, 0.15) is 5.76 Å². The molecule has 1 aliphatic rings. The Morgan fingerprint density at radius 1 is 1.41 bits per heavy atom. The minimum atomic E-state index is -0.326. The molecule has 1 aromatic heterocycles. The van der Waals surface area contributed by atoms with Gasteiger partial charge in [-0.25, -0.2) is 0 Å². The molecule has 2 rings (SSSR count). The van der Waals surface area contributed by atoms with Gasteiger partial charge < -0.3 is 19.6 Å². The molecule has 0 radical (unpaired) electrons. The molecule has 0 aliphatic carbocycles. The highest BCUT2D eigenvalue weighted by atomic mass is 32.2. The Labute approximate surface area is 134 Å². The van der Waals surface area contributed by atoms with Crippen molar-refractivity contribution in [2.75, 3.05) is 44.3 Å². The number of amides is 2. The van der Waals surface area contributed by atoms with Gasteiger partial charge in [0.25, 0.3) is 0 Å². The molecule has 0 aromatic carbocycles. The number of rotatable bonds is 5. The largest absolute Gasteiger partial charge is 0.360 e. The van der Waals surface area contributed by atoms with Crippen molar-refractivity contribution >= 4 is 29.4 Å². The van der Waals surface area contributed by atoms with Crippen molar-refractivity contribution in [1.29, 1.82) is 0 Å². The number of hydrogen-bond donors (Lipinski definition) is 1. The van der Waals surface area contributed by atoms with Crippen LogP contribution >= 0.6 is 11.8 Å². The number of hydrogen-bond acceptors (Lipinski definition) is 6. The summed E-state index contributed by atoms with van der Waals surface area (Å²) in [7, 11) is 2.05. The fraction of sp³-hybridized carbons (Fsp3) is 0.643. The van der Waals surface area contributed by atoms with E-state index in [1.807, 2.05) is 4.90 Å². The van der Waals surface area contributed by atoms with Crippen molar-refractivity contribution in [3.63, 3.8) is 0 Å². The van der Waals surface area contributed by atoms with Crippen molar-refractivity contribution in [3.8, 4) is 0 Å². The lowest BCUT2D eigenvalue weighted by atomic mass is 10.3. The van der Waals surface area contributed by atoms with Crippen LogP contribution in [0.3, 0.4) is 0 Å². The molecule has 0 spiro atoms. The molecule has 22 heavy (non-hydrogen) atoms. The summed E-state index contributed by atoms with van der Waals surface area (Å²) in [4.78, 5) is 28.2. The number of piperazine rings is 1. The SMILES string of the molecule is Cc1cc(NC(=O)C(C)SCC(=O)N2CCN(C)CC2)no1. The van der Waals surface area contributed by atoms with Crippen LogP contribution in [0.2, 0.25) is 0 Å². The second-order valence-corrected chi connectivity index (χ2v) is 6.78. The number of likely N-dealkylation sites (N-methyl/N-ethyl adjacent to an activating group) is 1. The second-order valence-electron chi connectivity index (χ2n) is 5.45. The zero-order valence-electron chi connectivity index (χ0n) is 13.2. The smallest absolute Gasteiger partial charge is 0.238 e. The summed E-state index contributed by atoms with van der Waals surface area (Å²) in [5.41, 5.74) is 0. The third-order valence-electron chi connectivity index (χ3n) is 3.56. The molecule has 2 heterocycles. The Hall–Kier alpha value is -1.54. The molecule has 1 unspecified atom stereocenters. The van der Waals surface area contributed by atoms with Gasteiger partial charge in [-0.1, -0.05) is 5.16 Å². The zero-order valence-corrected chi connectivity index (χ0v) is 14.0. The van der Waals surface area contributed by atoms with Crippen LogP contribution in [0.25, 0.3) is 0 Å². The van der Waals surface area contributed by atoms with Gasteiger partial charge in [-0.15, -0.1) is 11.8 Å². The molecule has 1 atom stereocenters. The van der Waals surface area contributed by atoms with E-state index in [1.165, 1.54) is 11.8 Å². The predicted molar refractivity (Wildman–Crippen MR) is 85.9 cm³/mol. The second kappa shape index (κ2) is 7.64. The van der Waals surface area contributed by atoms with Crippen LogP contribution in [0.5, 0.6) is 0 Å². The van der Waals surface area contributed by atoms with Gasteiger partial charge in [0, 0.05) is 32.2 Å². The van der Waals surface area contributed by atoms with Gasteiger partial charge in [0.15, 0.2) is 5.82 Å². The normalized spacial score (nSPS) is 17.3. The van der Waals surface area contributed by atoms with E-state index in [4.69, 9.17) is 4.52 Å². The van der Waals surface area contributed by atoms with Crippen LogP contribution in [0.1, 0.15) is 12.7 Å². The average molecular weight is 326 g/mol. The van der Waals surface area contributed by atoms with Crippen LogP contribution < -0.4 is 5.32 Å². The molecule has 7 nitrogen and oxygen atoms in total. The standard InChI is InChI=1S/C14H22N4O3S/c1-10-8-12(16-21-10)15-14(20)11(2)22-9-13(19)18-6-4-17(3)5-7-18/h8,11H,4-7,9H2,1-3H3,(H,15,16,20). The predicted octanol–water partition coefficient (Wildman–Crippen LogP) is 0.817. The van der Waals surface area contributed by atoms with Crippen molar-refractivity contribution in [1.82, 2.24) is 15.0 Å². The van der Waals surface area contributed by atoms with E-state index in [9.17, 15) is 9.59 Å². The maximum atomic E-state index is 12.1. The topological polar surface area (TPSA) is 78.7 Å². The molecule has 8 heteroatoms. The first-order valence-corrected chi connectivity index (χ1v) is 8.32. The lowest BCUT2D eigenvalue weighted by Gasteiger charge is -2.32. The monoisotopic (exact) mass is 326 g/mol. The molecule has 2 amide bonds. The van der Waals surface area contributed by atoms with Crippen LogP contribution in [0, 0.1) is 6.92 Å². The van der Waals surface area contributed by atoms with Crippen LogP contribution in [0.4, 0.5) is 5.82 Å². The van der Waals surface area contributed by atoms with Crippen molar-refractivity contribution in [2.24, 2.45) is 0 Å². The highest BCUT2D eigenvalue weighted by molar-refractivity contribution is 8.01. The first-order chi connectivity index (χ1) is 10.5. The zero-order chi connectivity index (χ0) is 16.1. The summed E-state index contributed by atoms with van der Waals surface area (Å²) < 4.78 is 4.90. The molecule has 1 N–H and O–H groups in total. The fourth-order valence-electron chi connectivity index (χ4n) is 2.07. The lowest BCUT2D eigenvalue weighted by molar-refractivity contribution is -0.129. The van der Waals surface area contributed by atoms with E-state index in [1.54, 1.807) is 19.9 Å². The van der Waals surface area contributed by atoms with Gasteiger partial charge >= 0.3 is 0 Å². The molecule has 1 aliphatic heterocycles. The summed E-state index contributed by atoms with van der Waals surface area (Å²) in [5, 5.41) is 6.07. The Kier molecular flexibility index (Phi) is 5.84. The molecular weight excluding hydrogens is 304 g/mol. The van der Waals surface area contributed by atoms with Crippen LogP contribution in [-0.2, 0) is 9.59 Å². The number of nitrogens with zero attached hydrogens (tertiary/aromatic N) is 3. The maximum absolute atomic E-state index is 12.1. The van der Waals surface area contributed by atoms with Crippen LogP contribution in [-0.4, -0.2) is 71.0 Å². The third-order valence-corrected chi connectivity index (χ3v) is 4.69. The van der Waals surface area contributed by atoms with E-state index in [-0.39, 0.29) is 17.1 Å². The highest BCUT2D eigenvalue weighted by Gasteiger charge is 2.21. The van der Waals surface area contributed by atoms with E-state index >= 15 is 0 Å². The van der Waals surface area contributed by atoms with Crippen molar-refractivity contribution in [2.45, 2.75) is 19.1 Å². The Morgan fingerprint density at radius 3 is 2.68 bits per heavy atom. The summed E-state index contributed by atoms with van der Waals surface area (Å²) >= 11 is 1.34. The number of carbonyl (C=O) groups is 2. The first-order valence-electron chi connectivity index (χ1n) is 7.28. The fourth-order valence-corrected chi connectivity index (χ4v) is 2.86. The number of aryl methyl sites for hydroxylation is 1. The summed E-state index contributed by atoms with van der Waals surface area (Å²) in [6, 6.07) is 1.66. The van der Waals surface area contributed by atoms with Gasteiger partial charge in [-0.3, -0.25) is 9.59 Å². The molecule has 1 fully saturated rings. The van der Waals surface area contributed by atoms with E-state index in [0.717, 1.165) is 26.2 Å². The minimum Gasteiger partial charge on any atom is -0.360 e. The van der Waals surface area contributed by atoms with Gasteiger partial charge in [-0.2, -0.15) is 0 Å². The molecule has 1 saturated heterocycles. The molecule has 0 bridgehead atoms. The van der Waals surface area contributed by atoms with E-state index < -0.39 is 0 Å². The number of anilines is 1. The van der Waals surface area contributed by atoms with E-state index in [2.05, 4.69) is 22.4 Å². The van der Waals surface area contributed by atoms with Gasteiger partial charge in [0.2, 0.25) is 11.8 Å². The van der Waals surface area contributed by atoms with Crippen molar-refractivity contribution < 1.29 is 14.1 Å². The summed E-state index contributed by atoms with van der Waals surface area (Å²) in [5.74, 6) is 1.27. The molecule has 122 valence electrons. The summed E-state index contributed by atoms with van der Waals surface area (Å²) in [6.45, 7) is 6.86. The Balaban J connectivity index is 1.73. The number of nitrogens with one attached hydrogen (secondary N) is 1. The minimum absolute atomic E-state index is 0.0926. The molecule has 1 aromatic rings. The lowest BCUT2D eigenvalue weighted by Crippen LogP contribution is -2.47. The molecule has 0 saturated carbocycles. The molecular formula is C14H22N4O3S. The Morgan fingerprint density at radius 2 is 2.09 bits per heavy atom. The number of thioether (sulfide) groups is 1. The van der Waals surface area contributed by atoms with E-state index in [0.29, 0.717) is 17.3 Å².